The smallest absolute Gasteiger partial charge is 0.239 e. The summed E-state index contributed by atoms with van der Waals surface area (Å²) < 4.78 is 21.6. The van der Waals surface area contributed by atoms with Crippen molar-refractivity contribution in [2.24, 2.45) is 0 Å². The van der Waals surface area contributed by atoms with Crippen LogP contribution in [0.2, 0.25) is 0 Å². The molecule has 0 bridgehead atoms. The SMILES string of the molecule is COc1cc(O)c2c(=O)c(O[C@@H]3O[C@H](CO)[C@@H](O)[C@@H](O)[C@H]3O)c(-c3ccc(O)cc3)oc2c1O. The van der Waals surface area contributed by atoms with Crippen LogP contribution in [0.25, 0.3) is 22.3 Å². The predicted octanol–water partition coefficient (Wildman–Crippen LogP) is -0.236. The fraction of sp³-hybridized carbons (Fsp3) is 0.318. The van der Waals surface area contributed by atoms with E-state index in [1.54, 1.807) is 0 Å². The zero-order valence-corrected chi connectivity index (χ0v) is 17.7. The molecular weight excluding hydrogens is 456 g/mol. The summed E-state index contributed by atoms with van der Waals surface area (Å²) in [4.78, 5) is 13.4. The standard InChI is InChI=1S/C22H22O12/c1-31-11-6-10(25)13-16(28)21(34-22-18(30)17(29)14(26)12(7-23)32-22)19(33-20(13)15(11)27)8-2-4-9(24)5-3-8/h2-6,12,14,17-18,22-27,29-30H,7H2,1H3/t12-,14-,17-,18-,22+/m1/s1. The number of hydrogen-bond donors (Lipinski definition) is 7. The van der Waals surface area contributed by atoms with Crippen molar-refractivity contribution in [2.45, 2.75) is 30.7 Å². The summed E-state index contributed by atoms with van der Waals surface area (Å²) in [6, 6.07) is 6.32. The summed E-state index contributed by atoms with van der Waals surface area (Å²) in [6.07, 6.45) is -8.31. The van der Waals surface area contributed by atoms with Gasteiger partial charge in [-0.2, -0.15) is 0 Å². The Kier molecular flexibility index (Phi) is 6.25. The molecule has 12 nitrogen and oxygen atoms in total. The van der Waals surface area contributed by atoms with Crippen LogP contribution in [-0.2, 0) is 4.74 Å². The van der Waals surface area contributed by atoms with Gasteiger partial charge in [0.15, 0.2) is 17.1 Å². The van der Waals surface area contributed by atoms with Crippen molar-refractivity contribution < 1.29 is 54.4 Å². The van der Waals surface area contributed by atoms with E-state index in [0.29, 0.717) is 0 Å². The number of fused-ring (bicyclic) bond motifs is 1. The van der Waals surface area contributed by atoms with E-state index in [-0.39, 0.29) is 22.8 Å². The van der Waals surface area contributed by atoms with Gasteiger partial charge in [-0.15, -0.1) is 0 Å². The molecule has 1 fully saturated rings. The molecule has 182 valence electrons. The molecule has 0 saturated carbocycles. The molecule has 0 spiro atoms. The third kappa shape index (κ3) is 3.87. The Morgan fingerprint density at radius 3 is 2.29 bits per heavy atom. The molecule has 1 saturated heterocycles. The van der Waals surface area contributed by atoms with Crippen molar-refractivity contribution >= 4 is 11.0 Å². The van der Waals surface area contributed by atoms with Crippen molar-refractivity contribution in [3.8, 4) is 40.1 Å². The fourth-order valence-corrected chi connectivity index (χ4v) is 3.64. The van der Waals surface area contributed by atoms with Crippen LogP contribution in [0.1, 0.15) is 0 Å². The molecule has 4 rings (SSSR count). The zero-order chi connectivity index (χ0) is 24.7. The van der Waals surface area contributed by atoms with E-state index < -0.39 is 71.0 Å². The van der Waals surface area contributed by atoms with Crippen LogP contribution >= 0.6 is 0 Å². The molecule has 5 atom stereocenters. The zero-order valence-electron chi connectivity index (χ0n) is 17.7. The Morgan fingerprint density at radius 1 is 1.00 bits per heavy atom. The van der Waals surface area contributed by atoms with Crippen LogP contribution in [0.3, 0.4) is 0 Å². The minimum Gasteiger partial charge on any atom is -0.508 e. The van der Waals surface area contributed by atoms with Gasteiger partial charge in [-0.25, -0.2) is 0 Å². The second kappa shape index (κ2) is 9.00. The van der Waals surface area contributed by atoms with Gasteiger partial charge in [-0.3, -0.25) is 4.79 Å². The van der Waals surface area contributed by atoms with Gasteiger partial charge in [0.2, 0.25) is 23.2 Å². The van der Waals surface area contributed by atoms with E-state index in [2.05, 4.69) is 0 Å². The lowest BCUT2D eigenvalue weighted by Gasteiger charge is -2.39. The van der Waals surface area contributed by atoms with Gasteiger partial charge >= 0.3 is 0 Å². The van der Waals surface area contributed by atoms with Crippen molar-refractivity contribution in [1.82, 2.24) is 0 Å². The highest BCUT2D eigenvalue weighted by atomic mass is 16.7. The van der Waals surface area contributed by atoms with Gasteiger partial charge in [0.05, 0.1) is 13.7 Å². The van der Waals surface area contributed by atoms with Crippen LogP contribution < -0.4 is 14.9 Å². The molecule has 2 aromatic carbocycles. The van der Waals surface area contributed by atoms with E-state index in [4.69, 9.17) is 18.6 Å². The number of phenolic OH excluding ortho intramolecular Hbond substituents is 3. The molecule has 34 heavy (non-hydrogen) atoms. The first-order valence-electron chi connectivity index (χ1n) is 10.0. The normalized spacial score (nSPS) is 24.8. The second-order valence-electron chi connectivity index (χ2n) is 7.60. The summed E-state index contributed by atoms with van der Waals surface area (Å²) in [5, 5.41) is 69.8. The Labute approximate surface area is 191 Å². The van der Waals surface area contributed by atoms with Crippen LogP contribution in [0.4, 0.5) is 0 Å². The van der Waals surface area contributed by atoms with Gasteiger partial charge in [0.25, 0.3) is 0 Å². The van der Waals surface area contributed by atoms with E-state index in [1.807, 2.05) is 0 Å². The van der Waals surface area contributed by atoms with Crippen molar-refractivity contribution in [2.75, 3.05) is 13.7 Å². The second-order valence-corrected chi connectivity index (χ2v) is 7.60. The average Bonchev–Trinajstić information content (AvgIpc) is 2.83. The summed E-state index contributed by atoms with van der Waals surface area (Å²) >= 11 is 0. The average molecular weight is 478 g/mol. The lowest BCUT2D eigenvalue weighted by Crippen LogP contribution is -2.60. The first-order chi connectivity index (χ1) is 16.2. The molecule has 7 N–H and O–H groups in total. The topological polar surface area (TPSA) is 200 Å². The van der Waals surface area contributed by atoms with Gasteiger partial charge in [-0.1, -0.05) is 0 Å². The van der Waals surface area contributed by atoms with E-state index in [0.717, 1.165) is 6.07 Å². The third-order valence-corrected chi connectivity index (χ3v) is 5.47. The van der Waals surface area contributed by atoms with Crippen LogP contribution in [0.5, 0.6) is 28.7 Å². The first-order valence-corrected chi connectivity index (χ1v) is 10.0. The van der Waals surface area contributed by atoms with Gasteiger partial charge < -0.3 is 54.4 Å². The summed E-state index contributed by atoms with van der Waals surface area (Å²) in [7, 11) is 1.23. The first kappa shape index (κ1) is 23.6. The summed E-state index contributed by atoms with van der Waals surface area (Å²) in [5.74, 6) is -2.31. The largest absolute Gasteiger partial charge is 0.508 e. The highest BCUT2D eigenvalue weighted by molar-refractivity contribution is 5.93. The quantitative estimate of drug-likeness (QED) is 0.238. The number of aromatic hydroxyl groups is 3. The van der Waals surface area contributed by atoms with Crippen LogP contribution in [-0.4, -0.2) is 80.2 Å². The number of aliphatic hydroxyl groups is 4. The highest BCUT2D eigenvalue weighted by Gasteiger charge is 2.45. The van der Waals surface area contributed by atoms with E-state index in [9.17, 15) is 40.5 Å². The molecule has 1 aromatic heterocycles. The molecule has 0 aliphatic carbocycles. The Bertz CT molecular complexity index is 1250. The Morgan fingerprint density at radius 2 is 1.68 bits per heavy atom. The molecule has 0 amide bonds. The maximum absolute atomic E-state index is 13.4. The molecule has 1 aliphatic rings. The lowest BCUT2D eigenvalue weighted by molar-refractivity contribution is -0.277. The Hall–Kier alpha value is -3.55. The lowest BCUT2D eigenvalue weighted by atomic mass is 9.99. The van der Waals surface area contributed by atoms with Gasteiger partial charge in [-0.05, 0) is 24.3 Å². The number of aliphatic hydroxyl groups excluding tert-OH is 4. The Balaban J connectivity index is 1.93. The molecular formula is C22H22O12. The number of methoxy groups -OCH3 is 1. The summed E-state index contributed by atoms with van der Waals surface area (Å²) in [6.45, 7) is -0.726. The highest BCUT2D eigenvalue weighted by Crippen LogP contribution is 2.43. The predicted molar refractivity (Wildman–Crippen MR) is 114 cm³/mol. The van der Waals surface area contributed by atoms with Crippen molar-refractivity contribution in [3.63, 3.8) is 0 Å². The number of hydrogen-bond acceptors (Lipinski definition) is 12. The van der Waals surface area contributed by atoms with Crippen LogP contribution in [0.15, 0.2) is 39.5 Å². The molecule has 3 aromatic rings. The third-order valence-electron chi connectivity index (χ3n) is 5.47. The summed E-state index contributed by atoms with van der Waals surface area (Å²) in [5.41, 5.74) is -1.21. The monoisotopic (exact) mass is 478 g/mol. The molecule has 1 aliphatic heterocycles. The minimum atomic E-state index is -1.83. The number of phenols is 3. The minimum absolute atomic E-state index is 0.0922. The fourth-order valence-electron chi connectivity index (χ4n) is 3.64. The van der Waals surface area contributed by atoms with E-state index in [1.165, 1.54) is 31.4 Å². The molecule has 12 heteroatoms. The van der Waals surface area contributed by atoms with Crippen molar-refractivity contribution in [1.29, 1.82) is 0 Å². The molecule has 0 unspecified atom stereocenters. The number of rotatable bonds is 5. The van der Waals surface area contributed by atoms with Crippen LogP contribution in [0, 0.1) is 0 Å². The van der Waals surface area contributed by atoms with Crippen molar-refractivity contribution in [3.05, 3.63) is 40.6 Å². The van der Waals surface area contributed by atoms with E-state index >= 15 is 0 Å². The maximum Gasteiger partial charge on any atom is 0.239 e. The van der Waals surface area contributed by atoms with Gasteiger partial charge in [0, 0.05) is 11.6 Å². The number of ether oxygens (including phenoxy) is 3. The molecule has 0 radical (unpaired) electrons. The molecule has 2 heterocycles. The number of benzene rings is 2. The van der Waals surface area contributed by atoms with Gasteiger partial charge in [0.1, 0.15) is 41.3 Å². The maximum atomic E-state index is 13.4.